The zero-order valence-corrected chi connectivity index (χ0v) is 57.7. The Kier molecular flexibility index (Phi) is 40.5. The molecule has 89 heavy (non-hydrogen) atoms. The Labute approximate surface area is 534 Å². The highest BCUT2D eigenvalue weighted by atomic mass is 31.3. The number of aliphatic hydroxyl groups excluding tert-OH is 6. The van der Waals surface area contributed by atoms with E-state index in [0.29, 0.717) is 12.8 Å². The molecule has 2 saturated heterocycles. The molecule has 2 aliphatic rings. The summed E-state index contributed by atoms with van der Waals surface area (Å²) in [6, 6.07) is -1.82. The molecule has 12 atom stereocenters. The quantitative estimate of drug-likeness (QED) is 0.0221. The van der Waals surface area contributed by atoms with E-state index in [1.54, 1.807) is 6.92 Å². The highest BCUT2D eigenvalue weighted by Gasteiger charge is 2.52. The van der Waals surface area contributed by atoms with Crippen LogP contribution in [0.3, 0.4) is 0 Å². The third-order valence-electron chi connectivity index (χ3n) is 15.8. The van der Waals surface area contributed by atoms with Crippen molar-refractivity contribution in [3.05, 3.63) is 128 Å². The molecule has 0 aromatic rings. The molecule has 0 saturated carbocycles. The predicted octanol–water partition coefficient (Wildman–Crippen LogP) is 13.0. The zero-order valence-electron chi connectivity index (χ0n) is 56.0. The third-order valence-corrected chi connectivity index (χ3v) is 18.4. The number of hydrogen-bond acceptors (Lipinski definition) is 17. The Morgan fingerprint density at radius 3 is 1.04 bits per heavy atom. The van der Waals surface area contributed by atoms with E-state index in [4.69, 9.17) is 23.3 Å². The van der Waals surface area contributed by atoms with Gasteiger partial charge in [-0.05, 0) is 212 Å². The molecule has 18 nitrogen and oxygen atoms in total. The second kappa shape index (κ2) is 44.2. The lowest BCUT2D eigenvalue weighted by molar-refractivity contribution is -0.343. The molecule has 1 amide bonds. The van der Waals surface area contributed by atoms with Gasteiger partial charge >= 0.3 is 0 Å². The summed E-state index contributed by atoms with van der Waals surface area (Å²) in [5.41, 5.74) is 15.0. The predicted molar refractivity (Wildman–Crippen MR) is 351 cm³/mol. The molecule has 508 valence electrons. The summed E-state index contributed by atoms with van der Waals surface area (Å²) in [7, 11) is -11.6. The number of nitrogens with one attached hydrogen (secondary N) is 1. The summed E-state index contributed by atoms with van der Waals surface area (Å²) in [5, 5.41) is 63.6. The molecule has 7 N–H and O–H groups in total. The number of hydrogen-bond donors (Lipinski definition) is 7. The van der Waals surface area contributed by atoms with Crippen molar-refractivity contribution in [1.29, 1.82) is 0 Å². The number of allylic oxidation sites excluding steroid dienone is 21. The maximum absolute atomic E-state index is 13.0. The maximum Gasteiger partial charge on any atom is 0.276 e. The van der Waals surface area contributed by atoms with Gasteiger partial charge in [-0.3, -0.25) is 18.4 Å². The fourth-order valence-electron chi connectivity index (χ4n) is 10.1. The van der Waals surface area contributed by atoms with Crippen LogP contribution < -0.4 is 15.1 Å². The fourth-order valence-corrected chi connectivity index (χ4v) is 12.1. The average molecular weight is 1290 g/mol. The van der Waals surface area contributed by atoms with E-state index in [0.717, 1.165) is 128 Å². The standard InChI is InChI=1S/C69H115NO17P2/c1-48(2)24-14-25-49(3)26-15-27-50(4)28-16-29-51(5)30-17-31-52(6)32-18-33-53(7)34-19-35-54(8)36-20-37-55(9)38-21-39-56(10)40-22-41-57(11)42-23-43-58(12)44-45-82-88(78,79)87-89(80,81)86-68-62(70-59(13)73)67(64(75)61(47-72)83-68)85-69-66(77)65(76)63(74)60(46-71)84-69/h24,26,28,30,32,34,36,38,40,42,44,60-69,71-72,74-77H,14-23,25,27,29,31,33,35,37,39,41,43,45-47H2,1-13H3,(H,70,73)(H,78,79)(H,80,81)/p-2/b49-26+,50-28+,51-30-,52-32-,53-34-,54-36-,55-38-,56-40-,57-42-,58-44-/t60-,61-,62-,63-,64-,65+,66+,67-,68-,69-/m1/s1. The van der Waals surface area contributed by atoms with Gasteiger partial charge in [0, 0.05) is 6.92 Å². The number of phosphoric ester groups is 2. The van der Waals surface area contributed by atoms with Crippen LogP contribution in [0.1, 0.15) is 218 Å². The van der Waals surface area contributed by atoms with Crippen molar-refractivity contribution in [2.24, 2.45) is 0 Å². The smallest absolute Gasteiger partial charge is 0.276 e. The van der Waals surface area contributed by atoms with Crippen molar-refractivity contribution < 1.29 is 81.9 Å². The molecule has 20 heteroatoms. The van der Waals surface area contributed by atoms with Gasteiger partial charge in [0.2, 0.25) is 5.91 Å². The van der Waals surface area contributed by atoms with E-state index in [9.17, 15) is 54.4 Å². The van der Waals surface area contributed by atoms with Crippen molar-refractivity contribution >= 4 is 21.6 Å². The lowest BCUT2D eigenvalue weighted by Crippen LogP contribution is -2.68. The van der Waals surface area contributed by atoms with Crippen LogP contribution in [0.4, 0.5) is 0 Å². The first-order valence-corrected chi connectivity index (χ1v) is 34.9. The first-order valence-electron chi connectivity index (χ1n) is 32.0. The summed E-state index contributed by atoms with van der Waals surface area (Å²) in [4.78, 5) is 37.9. The van der Waals surface area contributed by atoms with Crippen molar-refractivity contribution in [2.45, 2.75) is 280 Å². The van der Waals surface area contributed by atoms with E-state index in [2.05, 4.69) is 147 Å². The molecule has 0 radical (unpaired) electrons. The first-order chi connectivity index (χ1) is 42.0. The van der Waals surface area contributed by atoms with Crippen molar-refractivity contribution in [3.63, 3.8) is 0 Å². The van der Waals surface area contributed by atoms with E-state index in [1.807, 2.05) is 0 Å². The van der Waals surface area contributed by atoms with Gasteiger partial charge in [-0.2, -0.15) is 0 Å². The summed E-state index contributed by atoms with van der Waals surface area (Å²) < 4.78 is 55.9. The Hall–Kier alpha value is -3.49. The Morgan fingerprint density at radius 1 is 0.427 bits per heavy atom. The molecule has 0 aromatic carbocycles. The van der Waals surface area contributed by atoms with Gasteiger partial charge in [-0.25, -0.2) is 4.31 Å². The second-order valence-corrected chi connectivity index (χ2v) is 27.7. The van der Waals surface area contributed by atoms with Crippen LogP contribution in [0, 0.1) is 0 Å². The number of carbonyl (C=O) groups is 1. The number of amides is 1. The SMILES string of the molecule is CC(=O)N[C@H]1[C@@H](OP(=O)([O-])OP(=O)([O-])OC/C=C(/C)CC/C=C(/C)CC/C=C(/C)CC/C=C(/C)CC/C=C(/C)CC/C=C(/C)CC/C=C(/C)CC/C=C(/C)CC/C=C(\C)CC/C=C(\C)CCC=C(C)C)O[C@H](CO)[C@@H](O)[C@@H]1O[C@H]1O[C@H](CO)[C@@H](O)[C@H](O)[C@@H]1O. The van der Waals surface area contributed by atoms with Crippen molar-refractivity contribution in [2.75, 3.05) is 19.8 Å². The maximum atomic E-state index is 13.0. The van der Waals surface area contributed by atoms with Crippen molar-refractivity contribution in [1.82, 2.24) is 5.32 Å². The summed E-state index contributed by atoms with van der Waals surface area (Å²) >= 11 is 0. The third kappa shape index (κ3) is 35.9. The second-order valence-electron chi connectivity index (χ2n) is 24.8. The summed E-state index contributed by atoms with van der Waals surface area (Å²) in [5.74, 6) is -0.853. The molecule has 2 unspecified atom stereocenters. The normalized spacial score (nSPS) is 25.7. The zero-order chi connectivity index (χ0) is 66.7. The van der Waals surface area contributed by atoms with Crippen LogP contribution >= 0.6 is 15.6 Å². The number of carbonyl (C=O) groups excluding carboxylic acids is 1. The number of ether oxygens (including phenoxy) is 3. The molecule has 0 aromatic heterocycles. The van der Waals surface area contributed by atoms with Crippen LogP contribution in [0.2, 0.25) is 0 Å². The van der Waals surface area contributed by atoms with Crippen LogP contribution in [0.15, 0.2) is 128 Å². The summed E-state index contributed by atoms with van der Waals surface area (Å²) in [6.07, 6.45) is 29.0. The van der Waals surface area contributed by atoms with Gasteiger partial charge in [0.15, 0.2) is 12.6 Å². The van der Waals surface area contributed by atoms with Gasteiger partial charge in [-0.15, -0.1) is 0 Å². The topological polar surface area (TPSA) is 286 Å². The van der Waals surface area contributed by atoms with Crippen LogP contribution in [-0.2, 0) is 41.5 Å². The van der Waals surface area contributed by atoms with E-state index < -0.39 is 103 Å². The number of phosphoric acid groups is 2. The molecule has 2 rings (SSSR count). The molecular formula is C69H113NO17P2-2. The highest BCUT2D eigenvalue weighted by Crippen LogP contribution is 2.57. The minimum absolute atomic E-state index is 0.570. The largest absolute Gasteiger partial charge is 0.756 e. The Balaban J connectivity index is 1.70. The number of rotatable bonds is 42. The first kappa shape index (κ1) is 81.6. The lowest BCUT2D eigenvalue weighted by atomic mass is 9.95. The molecule has 0 bridgehead atoms. The van der Waals surface area contributed by atoms with Gasteiger partial charge in [0.05, 0.1) is 19.8 Å². The van der Waals surface area contributed by atoms with Gasteiger partial charge < -0.3 is 64.5 Å². The van der Waals surface area contributed by atoms with Crippen LogP contribution in [-0.4, -0.2) is 118 Å². The molecule has 2 fully saturated rings. The van der Waals surface area contributed by atoms with Gasteiger partial charge in [0.1, 0.15) is 48.8 Å². The lowest BCUT2D eigenvalue weighted by Gasteiger charge is -2.48. The average Bonchev–Trinajstić information content (AvgIpc) is 1.01. The van der Waals surface area contributed by atoms with E-state index in [1.165, 1.54) is 61.8 Å². The highest BCUT2D eigenvalue weighted by molar-refractivity contribution is 7.59. The van der Waals surface area contributed by atoms with E-state index >= 15 is 0 Å². The van der Waals surface area contributed by atoms with Crippen LogP contribution in [0.25, 0.3) is 0 Å². The molecule has 0 aliphatic carbocycles. The molecule has 0 spiro atoms. The summed E-state index contributed by atoms with van der Waals surface area (Å²) in [6.45, 7) is 24.7. The Bertz CT molecular complexity index is 2590. The molecule has 2 aliphatic heterocycles. The van der Waals surface area contributed by atoms with Gasteiger partial charge in [-0.1, -0.05) is 128 Å². The Morgan fingerprint density at radius 2 is 0.730 bits per heavy atom. The van der Waals surface area contributed by atoms with Crippen molar-refractivity contribution in [3.8, 4) is 0 Å². The molecule has 2 heterocycles. The fraction of sp³-hybridized carbons (Fsp3) is 0.667. The minimum atomic E-state index is -5.95. The molecular weight excluding hydrogens is 1180 g/mol. The van der Waals surface area contributed by atoms with Crippen LogP contribution in [0.5, 0.6) is 0 Å². The minimum Gasteiger partial charge on any atom is -0.756 e. The van der Waals surface area contributed by atoms with E-state index in [-0.39, 0.29) is 0 Å². The number of aliphatic hydroxyl groups is 6. The monoisotopic (exact) mass is 1290 g/mol. The van der Waals surface area contributed by atoms with Gasteiger partial charge in [0.25, 0.3) is 15.6 Å².